The summed E-state index contributed by atoms with van der Waals surface area (Å²) in [6, 6.07) is 7.88. The molecule has 1 N–H and O–H groups in total. The quantitative estimate of drug-likeness (QED) is 0.907. The predicted molar refractivity (Wildman–Crippen MR) is 70.0 cm³/mol. The van der Waals surface area contributed by atoms with Gasteiger partial charge in [-0.05, 0) is 25.5 Å². The molecule has 3 rings (SSSR count). The van der Waals surface area contributed by atoms with E-state index in [0.717, 1.165) is 24.4 Å². The minimum Gasteiger partial charge on any atom is -0.485 e. The molecule has 1 aromatic heterocycles. The molecule has 0 radical (unpaired) electrons. The van der Waals surface area contributed by atoms with Crippen molar-refractivity contribution >= 4 is 0 Å². The second kappa shape index (κ2) is 4.66. The molecule has 5 heteroatoms. The van der Waals surface area contributed by atoms with Gasteiger partial charge in [0, 0.05) is 13.1 Å². The summed E-state index contributed by atoms with van der Waals surface area (Å²) in [6.07, 6.45) is 0. The first-order chi connectivity index (χ1) is 9.17. The van der Waals surface area contributed by atoms with Crippen molar-refractivity contribution in [1.29, 1.82) is 0 Å². The SMILES string of the molecule is Cc1ccccc1OCc1noc(C2(C)CNC2)n1. The molecule has 5 nitrogen and oxygen atoms in total. The molecule has 1 aliphatic heterocycles. The van der Waals surface area contributed by atoms with E-state index < -0.39 is 0 Å². The Balaban J connectivity index is 1.66. The minimum absolute atomic E-state index is 0.0199. The number of nitrogens with one attached hydrogen (secondary N) is 1. The highest BCUT2D eigenvalue weighted by atomic mass is 16.5. The van der Waals surface area contributed by atoms with Crippen LogP contribution in [-0.4, -0.2) is 23.2 Å². The topological polar surface area (TPSA) is 60.2 Å². The number of para-hydroxylation sites is 1. The first-order valence-corrected chi connectivity index (χ1v) is 6.40. The van der Waals surface area contributed by atoms with Gasteiger partial charge >= 0.3 is 0 Å². The molecule has 2 heterocycles. The second-order valence-corrected chi connectivity index (χ2v) is 5.23. The van der Waals surface area contributed by atoms with Crippen LogP contribution in [0, 0.1) is 6.92 Å². The fourth-order valence-electron chi connectivity index (χ4n) is 2.07. The Hall–Kier alpha value is -1.88. The number of hydrogen-bond donors (Lipinski definition) is 1. The smallest absolute Gasteiger partial charge is 0.235 e. The van der Waals surface area contributed by atoms with Gasteiger partial charge in [-0.25, -0.2) is 0 Å². The molecule has 1 aliphatic rings. The van der Waals surface area contributed by atoms with Crippen molar-refractivity contribution in [2.75, 3.05) is 13.1 Å². The van der Waals surface area contributed by atoms with E-state index in [9.17, 15) is 0 Å². The Labute approximate surface area is 112 Å². The zero-order valence-electron chi connectivity index (χ0n) is 11.1. The highest BCUT2D eigenvalue weighted by molar-refractivity contribution is 5.31. The van der Waals surface area contributed by atoms with Crippen LogP contribution in [0.5, 0.6) is 5.75 Å². The van der Waals surface area contributed by atoms with Gasteiger partial charge in [0.15, 0.2) is 6.61 Å². The molecule has 0 saturated carbocycles. The van der Waals surface area contributed by atoms with Gasteiger partial charge in [-0.1, -0.05) is 23.4 Å². The lowest BCUT2D eigenvalue weighted by molar-refractivity contribution is 0.217. The van der Waals surface area contributed by atoms with Crippen molar-refractivity contribution in [2.24, 2.45) is 0 Å². The molecule has 1 aromatic carbocycles. The van der Waals surface area contributed by atoms with Crippen molar-refractivity contribution in [2.45, 2.75) is 25.9 Å². The Bertz CT molecular complexity index is 576. The third kappa shape index (κ3) is 2.33. The van der Waals surface area contributed by atoms with E-state index in [1.54, 1.807) is 0 Å². The maximum absolute atomic E-state index is 5.70. The lowest BCUT2D eigenvalue weighted by Crippen LogP contribution is -2.54. The average molecular weight is 259 g/mol. The van der Waals surface area contributed by atoms with Gasteiger partial charge in [-0.3, -0.25) is 0 Å². The normalized spacial score (nSPS) is 16.9. The van der Waals surface area contributed by atoms with E-state index in [4.69, 9.17) is 9.26 Å². The summed E-state index contributed by atoms with van der Waals surface area (Å²) >= 11 is 0. The minimum atomic E-state index is -0.0199. The van der Waals surface area contributed by atoms with E-state index in [2.05, 4.69) is 22.4 Å². The molecule has 2 aromatic rings. The molecule has 0 bridgehead atoms. The van der Waals surface area contributed by atoms with Crippen LogP contribution in [0.25, 0.3) is 0 Å². The number of benzene rings is 1. The molecule has 0 atom stereocenters. The third-order valence-electron chi connectivity index (χ3n) is 3.47. The summed E-state index contributed by atoms with van der Waals surface area (Å²) in [7, 11) is 0. The first-order valence-electron chi connectivity index (χ1n) is 6.40. The fourth-order valence-corrected chi connectivity index (χ4v) is 2.07. The summed E-state index contributed by atoms with van der Waals surface area (Å²) in [4.78, 5) is 4.41. The van der Waals surface area contributed by atoms with Gasteiger partial charge in [-0.2, -0.15) is 4.98 Å². The first kappa shape index (κ1) is 12.2. The number of hydrogen-bond acceptors (Lipinski definition) is 5. The van der Waals surface area contributed by atoms with Gasteiger partial charge in [0.1, 0.15) is 5.75 Å². The van der Waals surface area contributed by atoms with E-state index in [1.807, 2.05) is 31.2 Å². The van der Waals surface area contributed by atoms with Gasteiger partial charge in [0.2, 0.25) is 11.7 Å². The molecular formula is C14H17N3O2. The molecule has 1 fully saturated rings. The predicted octanol–water partition coefficient (Wildman–Crippen LogP) is 1.82. The van der Waals surface area contributed by atoms with Gasteiger partial charge in [0.05, 0.1) is 5.41 Å². The Morgan fingerprint density at radius 2 is 2.16 bits per heavy atom. The standard InChI is InChI=1S/C14H17N3O2/c1-10-5-3-4-6-11(10)18-7-12-16-13(19-17-12)14(2)8-15-9-14/h3-6,15H,7-9H2,1-2H3. The van der Waals surface area contributed by atoms with E-state index >= 15 is 0 Å². The lowest BCUT2D eigenvalue weighted by atomic mass is 9.84. The molecule has 0 unspecified atom stereocenters. The monoisotopic (exact) mass is 259 g/mol. The highest BCUT2D eigenvalue weighted by Gasteiger charge is 2.39. The van der Waals surface area contributed by atoms with E-state index in [0.29, 0.717) is 18.3 Å². The van der Waals surface area contributed by atoms with Crippen LogP contribution >= 0.6 is 0 Å². The van der Waals surface area contributed by atoms with Crippen LogP contribution in [0.1, 0.15) is 24.2 Å². The molecule has 19 heavy (non-hydrogen) atoms. The van der Waals surface area contributed by atoms with Crippen molar-refractivity contribution < 1.29 is 9.26 Å². The number of aromatic nitrogens is 2. The van der Waals surface area contributed by atoms with Crippen molar-refractivity contribution in [3.05, 3.63) is 41.5 Å². The van der Waals surface area contributed by atoms with Crippen molar-refractivity contribution in [3.8, 4) is 5.75 Å². The summed E-state index contributed by atoms with van der Waals surface area (Å²) in [5.74, 6) is 2.13. The maximum atomic E-state index is 5.70. The summed E-state index contributed by atoms with van der Waals surface area (Å²) < 4.78 is 11.0. The highest BCUT2D eigenvalue weighted by Crippen LogP contribution is 2.26. The van der Waals surface area contributed by atoms with Crippen LogP contribution in [0.4, 0.5) is 0 Å². The molecule has 0 amide bonds. The van der Waals surface area contributed by atoms with Crippen LogP contribution in [0.3, 0.4) is 0 Å². The number of ether oxygens (including phenoxy) is 1. The maximum Gasteiger partial charge on any atom is 0.235 e. The Kier molecular flexibility index (Phi) is 2.98. The third-order valence-corrected chi connectivity index (χ3v) is 3.47. The Morgan fingerprint density at radius 1 is 1.37 bits per heavy atom. The summed E-state index contributed by atoms with van der Waals surface area (Å²) in [6.45, 7) is 6.22. The lowest BCUT2D eigenvalue weighted by Gasteiger charge is -2.35. The zero-order valence-corrected chi connectivity index (χ0v) is 11.1. The van der Waals surface area contributed by atoms with Crippen LogP contribution in [-0.2, 0) is 12.0 Å². The number of aryl methyl sites for hydroxylation is 1. The molecule has 0 aliphatic carbocycles. The van der Waals surface area contributed by atoms with Gasteiger partial charge < -0.3 is 14.6 Å². The largest absolute Gasteiger partial charge is 0.485 e. The van der Waals surface area contributed by atoms with Gasteiger partial charge in [-0.15, -0.1) is 0 Å². The van der Waals surface area contributed by atoms with Crippen LogP contribution in [0.15, 0.2) is 28.8 Å². The molecule has 100 valence electrons. The molecule has 1 saturated heterocycles. The fraction of sp³-hybridized carbons (Fsp3) is 0.429. The van der Waals surface area contributed by atoms with Crippen molar-refractivity contribution in [1.82, 2.24) is 15.5 Å². The summed E-state index contributed by atoms with van der Waals surface area (Å²) in [5.41, 5.74) is 1.08. The van der Waals surface area contributed by atoms with Crippen molar-refractivity contribution in [3.63, 3.8) is 0 Å². The summed E-state index contributed by atoms with van der Waals surface area (Å²) in [5, 5.41) is 7.19. The number of nitrogens with zero attached hydrogens (tertiary/aromatic N) is 2. The molecular weight excluding hydrogens is 242 g/mol. The van der Waals surface area contributed by atoms with Crippen LogP contribution in [0.2, 0.25) is 0 Å². The average Bonchev–Trinajstić information content (AvgIpc) is 2.84. The molecule has 0 spiro atoms. The zero-order chi connectivity index (χ0) is 13.3. The second-order valence-electron chi connectivity index (χ2n) is 5.23. The Morgan fingerprint density at radius 3 is 2.84 bits per heavy atom. The number of rotatable bonds is 4. The van der Waals surface area contributed by atoms with E-state index in [-0.39, 0.29) is 5.41 Å². The van der Waals surface area contributed by atoms with Gasteiger partial charge in [0.25, 0.3) is 0 Å². The van der Waals surface area contributed by atoms with Crippen LogP contribution < -0.4 is 10.1 Å². The van der Waals surface area contributed by atoms with E-state index in [1.165, 1.54) is 0 Å².